The van der Waals surface area contributed by atoms with Gasteiger partial charge in [-0.2, -0.15) is 0 Å². The number of aryl methyl sites for hydroxylation is 3. The Morgan fingerprint density at radius 2 is 1.73 bits per heavy atom. The SMILES string of the molecule is CCCc1ccc(OCCNC(=O)[C@H](C)Oc2ccc(C)c(C)c2)cc1. The third kappa shape index (κ3) is 6.10. The van der Waals surface area contributed by atoms with Gasteiger partial charge in [0.1, 0.15) is 18.1 Å². The van der Waals surface area contributed by atoms with Crippen LogP contribution in [0.15, 0.2) is 42.5 Å². The molecular formula is C22H29NO3. The van der Waals surface area contributed by atoms with Crippen LogP contribution in [0, 0.1) is 13.8 Å². The van der Waals surface area contributed by atoms with Crippen LogP contribution in [0.4, 0.5) is 0 Å². The van der Waals surface area contributed by atoms with E-state index in [1.54, 1.807) is 6.92 Å². The van der Waals surface area contributed by atoms with E-state index in [9.17, 15) is 4.79 Å². The highest BCUT2D eigenvalue weighted by Crippen LogP contribution is 2.17. The molecule has 0 aliphatic heterocycles. The molecule has 1 amide bonds. The number of nitrogens with one attached hydrogen (secondary N) is 1. The molecule has 2 aromatic rings. The van der Waals surface area contributed by atoms with Crippen molar-refractivity contribution in [1.82, 2.24) is 5.32 Å². The van der Waals surface area contributed by atoms with Gasteiger partial charge in [0.25, 0.3) is 5.91 Å². The average molecular weight is 355 g/mol. The summed E-state index contributed by atoms with van der Waals surface area (Å²) in [5.41, 5.74) is 3.66. The van der Waals surface area contributed by atoms with Crippen LogP contribution in [0.5, 0.6) is 11.5 Å². The summed E-state index contributed by atoms with van der Waals surface area (Å²) in [6, 6.07) is 13.9. The highest BCUT2D eigenvalue weighted by atomic mass is 16.5. The minimum Gasteiger partial charge on any atom is -0.492 e. The lowest BCUT2D eigenvalue weighted by Gasteiger charge is -2.16. The van der Waals surface area contributed by atoms with Gasteiger partial charge < -0.3 is 14.8 Å². The van der Waals surface area contributed by atoms with Crippen molar-refractivity contribution >= 4 is 5.91 Å². The van der Waals surface area contributed by atoms with E-state index in [1.165, 1.54) is 11.1 Å². The lowest BCUT2D eigenvalue weighted by Crippen LogP contribution is -2.38. The molecule has 0 aliphatic rings. The molecule has 4 nitrogen and oxygen atoms in total. The van der Waals surface area contributed by atoms with E-state index in [-0.39, 0.29) is 5.91 Å². The van der Waals surface area contributed by atoms with Crippen molar-refractivity contribution < 1.29 is 14.3 Å². The first-order valence-electron chi connectivity index (χ1n) is 9.23. The Morgan fingerprint density at radius 1 is 1.04 bits per heavy atom. The summed E-state index contributed by atoms with van der Waals surface area (Å²) in [5.74, 6) is 1.38. The topological polar surface area (TPSA) is 47.6 Å². The lowest BCUT2D eigenvalue weighted by atomic mass is 10.1. The molecule has 0 saturated carbocycles. The van der Waals surface area contributed by atoms with Gasteiger partial charge >= 0.3 is 0 Å². The van der Waals surface area contributed by atoms with Crippen molar-refractivity contribution in [2.45, 2.75) is 46.6 Å². The minimum atomic E-state index is -0.551. The fourth-order valence-corrected chi connectivity index (χ4v) is 2.57. The van der Waals surface area contributed by atoms with E-state index in [1.807, 2.05) is 44.2 Å². The number of carbonyl (C=O) groups is 1. The average Bonchev–Trinajstić information content (AvgIpc) is 2.63. The van der Waals surface area contributed by atoms with Crippen molar-refractivity contribution in [3.8, 4) is 11.5 Å². The summed E-state index contributed by atoms with van der Waals surface area (Å²) < 4.78 is 11.4. The molecule has 1 atom stereocenters. The van der Waals surface area contributed by atoms with Gasteiger partial charge in [-0.1, -0.05) is 31.5 Å². The third-order valence-electron chi connectivity index (χ3n) is 4.29. The molecule has 4 heteroatoms. The molecule has 0 bridgehead atoms. The molecule has 0 saturated heterocycles. The largest absolute Gasteiger partial charge is 0.492 e. The Labute approximate surface area is 156 Å². The van der Waals surface area contributed by atoms with Crippen molar-refractivity contribution in [3.05, 3.63) is 59.2 Å². The molecule has 140 valence electrons. The van der Waals surface area contributed by atoms with E-state index >= 15 is 0 Å². The molecule has 0 unspecified atom stereocenters. The number of hydrogen-bond donors (Lipinski definition) is 1. The van der Waals surface area contributed by atoms with Crippen LogP contribution in [-0.4, -0.2) is 25.2 Å². The smallest absolute Gasteiger partial charge is 0.260 e. The first-order valence-corrected chi connectivity index (χ1v) is 9.23. The van der Waals surface area contributed by atoms with Crippen LogP contribution in [0.2, 0.25) is 0 Å². The van der Waals surface area contributed by atoms with E-state index in [0.29, 0.717) is 18.9 Å². The normalized spacial score (nSPS) is 11.7. The standard InChI is InChI=1S/C22H29NO3/c1-5-6-19-8-11-20(12-9-19)25-14-13-23-22(24)18(4)26-21-10-7-16(2)17(3)15-21/h7-12,15,18H,5-6,13-14H2,1-4H3,(H,23,24)/t18-/m0/s1. The van der Waals surface area contributed by atoms with Gasteiger partial charge in [-0.3, -0.25) is 4.79 Å². The second-order valence-corrected chi connectivity index (χ2v) is 6.54. The van der Waals surface area contributed by atoms with Gasteiger partial charge in [-0.25, -0.2) is 0 Å². The zero-order valence-corrected chi connectivity index (χ0v) is 16.2. The van der Waals surface area contributed by atoms with Crippen molar-refractivity contribution in [2.24, 2.45) is 0 Å². The first-order chi connectivity index (χ1) is 12.5. The van der Waals surface area contributed by atoms with E-state index in [4.69, 9.17) is 9.47 Å². The van der Waals surface area contributed by atoms with Gasteiger partial charge in [0.2, 0.25) is 0 Å². The second-order valence-electron chi connectivity index (χ2n) is 6.54. The Balaban J connectivity index is 1.71. The molecule has 0 aromatic heterocycles. The Bertz CT molecular complexity index is 710. The van der Waals surface area contributed by atoms with Gasteiger partial charge in [0, 0.05) is 0 Å². The highest BCUT2D eigenvalue weighted by molar-refractivity contribution is 5.80. The molecular weight excluding hydrogens is 326 g/mol. The Morgan fingerprint density at radius 3 is 2.38 bits per heavy atom. The molecule has 0 heterocycles. The zero-order valence-electron chi connectivity index (χ0n) is 16.2. The molecule has 26 heavy (non-hydrogen) atoms. The maximum Gasteiger partial charge on any atom is 0.260 e. The maximum absolute atomic E-state index is 12.1. The number of carbonyl (C=O) groups excluding carboxylic acids is 1. The zero-order chi connectivity index (χ0) is 18.9. The number of rotatable bonds is 9. The highest BCUT2D eigenvalue weighted by Gasteiger charge is 2.14. The monoisotopic (exact) mass is 355 g/mol. The second kappa shape index (κ2) is 9.85. The van der Waals surface area contributed by atoms with Gasteiger partial charge in [-0.05, 0) is 68.1 Å². The fraction of sp³-hybridized carbons (Fsp3) is 0.409. The summed E-state index contributed by atoms with van der Waals surface area (Å²) in [6.07, 6.45) is 1.66. The summed E-state index contributed by atoms with van der Waals surface area (Å²) in [7, 11) is 0. The minimum absolute atomic E-state index is 0.148. The number of amides is 1. The van der Waals surface area contributed by atoms with Crippen LogP contribution in [-0.2, 0) is 11.2 Å². The van der Waals surface area contributed by atoms with Gasteiger partial charge in [0.15, 0.2) is 6.10 Å². The fourth-order valence-electron chi connectivity index (χ4n) is 2.57. The molecule has 0 aliphatic carbocycles. The summed E-state index contributed by atoms with van der Waals surface area (Å²) in [4.78, 5) is 12.1. The number of benzene rings is 2. The van der Waals surface area contributed by atoms with Crippen LogP contribution in [0.25, 0.3) is 0 Å². The summed E-state index contributed by atoms with van der Waals surface area (Å²) >= 11 is 0. The molecule has 0 spiro atoms. The van der Waals surface area contributed by atoms with Crippen molar-refractivity contribution in [3.63, 3.8) is 0 Å². The molecule has 2 aromatic carbocycles. The molecule has 0 fully saturated rings. The van der Waals surface area contributed by atoms with Gasteiger partial charge in [-0.15, -0.1) is 0 Å². The van der Waals surface area contributed by atoms with E-state index in [2.05, 4.69) is 24.4 Å². The number of hydrogen-bond acceptors (Lipinski definition) is 3. The molecule has 0 radical (unpaired) electrons. The predicted molar refractivity (Wildman–Crippen MR) is 105 cm³/mol. The Hall–Kier alpha value is -2.49. The van der Waals surface area contributed by atoms with Crippen molar-refractivity contribution in [2.75, 3.05) is 13.2 Å². The lowest BCUT2D eigenvalue weighted by molar-refractivity contribution is -0.127. The van der Waals surface area contributed by atoms with Crippen LogP contribution in [0.3, 0.4) is 0 Å². The van der Waals surface area contributed by atoms with Crippen LogP contribution < -0.4 is 14.8 Å². The van der Waals surface area contributed by atoms with Crippen LogP contribution >= 0.6 is 0 Å². The quantitative estimate of drug-likeness (QED) is 0.685. The van der Waals surface area contributed by atoms with Crippen LogP contribution in [0.1, 0.15) is 37.0 Å². The summed E-state index contributed by atoms with van der Waals surface area (Å²) in [6.45, 7) is 8.85. The number of ether oxygens (including phenoxy) is 2. The van der Waals surface area contributed by atoms with E-state index < -0.39 is 6.10 Å². The third-order valence-corrected chi connectivity index (χ3v) is 4.29. The van der Waals surface area contributed by atoms with Crippen molar-refractivity contribution in [1.29, 1.82) is 0 Å². The van der Waals surface area contributed by atoms with Gasteiger partial charge in [0.05, 0.1) is 6.54 Å². The molecule has 1 N–H and O–H groups in total. The molecule has 2 rings (SSSR count). The van der Waals surface area contributed by atoms with E-state index in [0.717, 1.165) is 24.2 Å². The predicted octanol–water partition coefficient (Wildman–Crippen LogP) is 4.22. The summed E-state index contributed by atoms with van der Waals surface area (Å²) in [5, 5.41) is 2.84. The first kappa shape index (κ1) is 19.8. The maximum atomic E-state index is 12.1. The Kier molecular flexibility index (Phi) is 7.52.